The molecule has 2 nitrogen and oxygen atoms in total. The van der Waals surface area contributed by atoms with Crippen molar-refractivity contribution in [3.05, 3.63) is 108 Å². The first-order valence-corrected chi connectivity index (χ1v) is 18.6. The number of carbonyl (C=O) groups excluding carboxylic acids is 1. The highest BCUT2D eigenvalue weighted by Gasteiger charge is 2.00. The van der Waals surface area contributed by atoms with Gasteiger partial charge in [0.15, 0.2) is 0 Å². The maximum atomic E-state index is 10.2. The van der Waals surface area contributed by atoms with Crippen LogP contribution in [0, 0.1) is 20.8 Å². The molecule has 0 aliphatic heterocycles. The lowest BCUT2D eigenvalue weighted by atomic mass is 10.2. The Labute approximate surface area is 286 Å². The third-order valence-corrected chi connectivity index (χ3v) is 4.63. The fourth-order valence-corrected chi connectivity index (χ4v) is 2.62. The monoisotopic (exact) mass is 678 g/mol. The molecule has 3 aromatic carbocycles. The zero-order valence-corrected chi connectivity index (χ0v) is 33.4. The summed E-state index contributed by atoms with van der Waals surface area (Å²) in [4.78, 5) is 10.2. The molecule has 3 radical (unpaired) electrons. The van der Waals surface area contributed by atoms with Crippen molar-refractivity contribution >= 4 is 42.4 Å². The van der Waals surface area contributed by atoms with E-state index in [9.17, 15) is 4.79 Å². The molecule has 0 aliphatic carbocycles. The number of hydrogen-bond donors (Lipinski definition) is 1. The number of nitrogens with one attached hydrogen (secondary N) is 1. The van der Waals surface area contributed by atoms with Crippen LogP contribution in [-0.2, 0) is 4.79 Å². The van der Waals surface area contributed by atoms with E-state index in [1.54, 1.807) is 18.8 Å². The van der Waals surface area contributed by atoms with E-state index in [4.69, 9.17) is 0 Å². The van der Waals surface area contributed by atoms with Crippen molar-refractivity contribution in [1.82, 2.24) is 5.32 Å². The Morgan fingerprint density at radius 3 is 0.953 bits per heavy atom. The van der Waals surface area contributed by atoms with Crippen molar-refractivity contribution in [2.24, 2.45) is 0 Å². The van der Waals surface area contributed by atoms with Crippen molar-refractivity contribution in [3.63, 3.8) is 0 Å². The first kappa shape index (κ1) is 60.4. The number of alkyl halides is 1. The fourth-order valence-electron chi connectivity index (χ4n) is 2.13. The van der Waals surface area contributed by atoms with Gasteiger partial charge in [0.05, 0.1) is 6.04 Å². The summed E-state index contributed by atoms with van der Waals surface area (Å²) in [5.41, 5.74) is 3.97. The Balaban J connectivity index is -0.0000000563. The summed E-state index contributed by atoms with van der Waals surface area (Å²) in [7, 11) is 1.80. The summed E-state index contributed by atoms with van der Waals surface area (Å²) < 4.78 is 0. The molecule has 0 amide bonds. The Morgan fingerprint density at radius 2 is 0.837 bits per heavy atom. The summed E-state index contributed by atoms with van der Waals surface area (Å²) in [6.07, 6.45) is 3.93. The van der Waals surface area contributed by atoms with Crippen LogP contribution in [0.25, 0.3) is 0 Å². The molecule has 0 heterocycles. The van der Waals surface area contributed by atoms with Gasteiger partial charge in [0.25, 0.3) is 0 Å². The third-order valence-electron chi connectivity index (χ3n) is 3.99. The van der Waals surface area contributed by atoms with E-state index < -0.39 is 0 Å². The number of rotatable bonds is 5. The van der Waals surface area contributed by atoms with Crippen molar-refractivity contribution in [1.29, 1.82) is 0 Å². The summed E-state index contributed by atoms with van der Waals surface area (Å²) in [6.45, 7) is 26.2. The van der Waals surface area contributed by atoms with Crippen LogP contribution >= 0.6 is 27.7 Å². The second-order valence-corrected chi connectivity index (χ2v) is 7.76. The number of thioether (sulfide) groups is 1. The average Bonchev–Trinajstić information content (AvgIpc) is 3.09. The molecular weight excluding hydrogens is 609 g/mol. The minimum absolute atomic E-state index is 0. The lowest BCUT2D eigenvalue weighted by Gasteiger charge is -2.05. The third kappa shape index (κ3) is 64.3. The number of halogens is 1. The Morgan fingerprint density at radius 1 is 0.605 bits per heavy atom. The van der Waals surface area contributed by atoms with E-state index in [2.05, 4.69) is 78.4 Å². The molecule has 0 aromatic heterocycles. The highest BCUT2D eigenvalue weighted by atomic mass is 79.9. The number of aryl methyl sites for hydroxylation is 3. The van der Waals surface area contributed by atoms with Gasteiger partial charge in [0, 0.05) is 8.41 Å². The minimum atomic E-state index is 0. The molecule has 0 aliphatic rings. The zero-order chi connectivity index (χ0) is 34.5. The highest BCUT2D eigenvalue weighted by molar-refractivity contribution is 9.08. The second kappa shape index (κ2) is 67.7. The number of likely N-dealkylation sites (N-methyl/N-ethyl adjacent to an activating group) is 1. The van der Waals surface area contributed by atoms with E-state index in [1.807, 2.05) is 136 Å². The van der Waals surface area contributed by atoms with Crippen molar-refractivity contribution in [3.8, 4) is 0 Å². The normalized spacial score (nSPS) is 7.84. The summed E-state index contributed by atoms with van der Waals surface area (Å²) in [5.74, 6) is 2.86. The van der Waals surface area contributed by atoms with E-state index in [0.29, 0.717) is 0 Å². The molecule has 3 aromatic rings. The Bertz CT molecular complexity index is 659. The molecule has 3 rings (SSSR count). The smallest absolute Gasteiger partial charge is 0.136 e. The Kier molecular flexibility index (Phi) is 95.1. The van der Waals surface area contributed by atoms with Gasteiger partial charge < -0.3 is 10.1 Å². The lowest BCUT2D eigenvalue weighted by Crippen LogP contribution is -2.26. The largest absolute Gasteiger partial charge is 0.311 e. The van der Waals surface area contributed by atoms with Crippen LogP contribution in [0.4, 0.5) is 0 Å². The first-order valence-electron chi connectivity index (χ1n) is 15.6. The molecule has 0 saturated heterocycles. The van der Waals surface area contributed by atoms with Crippen LogP contribution < -0.4 is 5.32 Å². The number of carbonyl (C=O) groups is 1. The summed E-state index contributed by atoms with van der Waals surface area (Å²) in [5, 5.41) is 2.91. The quantitative estimate of drug-likeness (QED) is 0.165. The molecule has 43 heavy (non-hydrogen) atoms. The number of hydrogen-bond acceptors (Lipinski definition) is 3. The summed E-state index contributed by atoms with van der Waals surface area (Å²) in [6, 6.07) is 30.8. The van der Waals surface area contributed by atoms with Crippen molar-refractivity contribution in [2.75, 3.05) is 24.9 Å². The molecule has 0 bridgehead atoms. The standard InChI is InChI=1S/3C7H8.C6H13NOS.5C2H6.CH3Br.B/c3*1-7-5-3-2-4-6-7;1-7-6(5-8)3-4-9-2;6*1-2;/h3*2-6H,1H3;5-7H,3-4H2,1-2H3;5*1-2H3;1H3;/t;;;6-;;;;;;;/m...1......./s1. The van der Waals surface area contributed by atoms with Crippen LogP contribution in [0.3, 0.4) is 0 Å². The SMILES string of the molecule is CBr.CC.CC.CC.CC.CC.CN[C@@H](C=O)CCSC.Cc1ccccc1.Cc1ccccc1.Cc1ccccc1.[B]. The van der Waals surface area contributed by atoms with Crippen LogP contribution in [0.1, 0.15) is 92.3 Å². The van der Waals surface area contributed by atoms with Gasteiger partial charge >= 0.3 is 0 Å². The second-order valence-electron chi connectivity index (χ2n) is 6.78. The highest BCUT2D eigenvalue weighted by Crippen LogP contribution is 1.97. The molecule has 0 spiro atoms. The topological polar surface area (TPSA) is 29.1 Å². The Hall–Kier alpha value is -1.82. The predicted molar refractivity (Wildman–Crippen MR) is 213 cm³/mol. The maximum absolute atomic E-state index is 10.2. The van der Waals surface area contributed by atoms with E-state index in [-0.39, 0.29) is 14.5 Å². The number of benzene rings is 3. The molecule has 1 atom stereocenters. The molecule has 0 unspecified atom stereocenters. The molecule has 1 N–H and O–H groups in total. The molecule has 0 saturated carbocycles. The van der Waals surface area contributed by atoms with Crippen LogP contribution in [0.2, 0.25) is 0 Å². The van der Waals surface area contributed by atoms with Crippen LogP contribution in [-0.4, -0.2) is 45.6 Å². The lowest BCUT2D eigenvalue weighted by molar-refractivity contribution is -0.109. The van der Waals surface area contributed by atoms with E-state index in [0.717, 1.165) is 18.5 Å². The number of aldehydes is 1. The van der Waals surface area contributed by atoms with Crippen LogP contribution in [0.5, 0.6) is 0 Å². The van der Waals surface area contributed by atoms with E-state index >= 15 is 0 Å². The van der Waals surface area contributed by atoms with Gasteiger partial charge in [-0.3, -0.25) is 0 Å². The van der Waals surface area contributed by atoms with Gasteiger partial charge in [-0.2, -0.15) is 11.8 Å². The predicted octanol–water partition coefficient (Wildman–Crippen LogP) is 12.3. The van der Waals surface area contributed by atoms with Gasteiger partial charge in [0.1, 0.15) is 6.29 Å². The average molecular weight is 680 g/mol. The molecule has 5 heteroatoms. The van der Waals surface area contributed by atoms with E-state index in [1.165, 1.54) is 16.7 Å². The van der Waals surface area contributed by atoms with Crippen molar-refractivity contribution in [2.45, 2.75) is 102 Å². The first-order chi connectivity index (χ1) is 20.5. The molecule has 0 fully saturated rings. The van der Waals surface area contributed by atoms with Gasteiger partial charge in [-0.05, 0) is 52.1 Å². The van der Waals surface area contributed by atoms with Gasteiger partial charge in [-0.25, -0.2) is 0 Å². The zero-order valence-electron chi connectivity index (χ0n) is 31.0. The van der Waals surface area contributed by atoms with Gasteiger partial charge in [-0.1, -0.05) is 193 Å². The van der Waals surface area contributed by atoms with Gasteiger partial charge in [0.2, 0.25) is 0 Å². The summed E-state index contributed by atoms with van der Waals surface area (Å²) >= 11 is 4.70. The maximum Gasteiger partial charge on any atom is 0.136 e. The van der Waals surface area contributed by atoms with Crippen LogP contribution in [0.15, 0.2) is 91.0 Å². The van der Waals surface area contributed by atoms with Crippen molar-refractivity contribution < 1.29 is 4.79 Å². The van der Waals surface area contributed by atoms with Gasteiger partial charge in [-0.15, -0.1) is 0 Å². The molecule has 249 valence electrons. The minimum Gasteiger partial charge on any atom is -0.311 e. The fraction of sp³-hybridized carbons (Fsp3) is 0.500. The molecular formula is C38H70BBrNOS.